The summed E-state index contributed by atoms with van der Waals surface area (Å²) in [6, 6.07) is 20.2. The van der Waals surface area contributed by atoms with Crippen LogP contribution in [0.5, 0.6) is 5.75 Å². The third-order valence-electron chi connectivity index (χ3n) is 6.54. The Hall–Kier alpha value is -4.04. The number of carboxylic acids is 1. The number of carbonyl (C=O) groups excluding carboxylic acids is 1. The molecule has 0 fully saturated rings. The van der Waals surface area contributed by atoms with Crippen LogP contribution in [0.2, 0.25) is 0 Å². The minimum absolute atomic E-state index is 0.238. The fourth-order valence-corrected chi connectivity index (χ4v) is 4.27. The SMILES string of the molecule is CCCCCCN(Cc1ccccc1C#Cc1ccc(CCCC)cc1)C(=O)c1ccc(O)c(C(=O)O)c1. The van der Waals surface area contributed by atoms with E-state index in [4.69, 9.17) is 0 Å². The van der Waals surface area contributed by atoms with E-state index in [1.54, 1.807) is 4.90 Å². The summed E-state index contributed by atoms with van der Waals surface area (Å²) in [6.07, 6.45) is 7.45. The van der Waals surface area contributed by atoms with Gasteiger partial charge < -0.3 is 15.1 Å². The quantitative estimate of drug-likeness (QED) is 0.202. The molecule has 0 radical (unpaired) electrons. The zero-order valence-electron chi connectivity index (χ0n) is 22.4. The molecule has 0 aliphatic rings. The summed E-state index contributed by atoms with van der Waals surface area (Å²) in [5, 5.41) is 19.3. The molecule has 1 amide bonds. The minimum Gasteiger partial charge on any atom is -0.507 e. The van der Waals surface area contributed by atoms with Gasteiger partial charge in [0.15, 0.2) is 0 Å². The van der Waals surface area contributed by atoms with Crippen LogP contribution in [0.4, 0.5) is 0 Å². The van der Waals surface area contributed by atoms with Crippen molar-refractivity contribution in [2.75, 3.05) is 6.54 Å². The Morgan fingerprint density at radius 2 is 1.58 bits per heavy atom. The fraction of sp³-hybridized carbons (Fsp3) is 0.333. The Balaban J connectivity index is 1.85. The van der Waals surface area contributed by atoms with Crippen LogP contribution in [0.3, 0.4) is 0 Å². The number of hydrogen-bond donors (Lipinski definition) is 2. The predicted molar refractivity (Wildman–Crippen MR) is 151 cm³/mol. The Morgan fingerprint density at radius 1 is 0.842 bits per heavy atom. The lowest BCUT2D eigenvalue weighted by Gasteiger charge is -2.24. The largest absolute Gasteiger partial charge is 0.507 e. The summed E-state index contributed by atoms with van der Waals surface area (Å²) >= 11 is 0. The molecule has 0 unspecified atom stereocenters. The van der Waals surface area contributed by atoms with Gasteiger partial charge in [0.2, 0.25) is 0 Å². The standard InChI is InChI=1S/C33H37NO4/c1-3-5-7-10-22-34(32(36)28-20-21-31(35)30(23-28)33(37)38)24-29-13-9-8-12-27(29)19-18-26-16-14-25(15-17-26)11-6-4-2/h8-9,12-17,20-21,23,35H,3-7,10-11,22,24H2,1-2H3,(H,37,38). The van der Waals surface area contributed by atoms with Gasteiger partial charge in [-0.15, -0.1) is 0 Å². The molecule has 2 N–H and O–H groups in total. The van der Waals surface area contributed by atoms with E-state index in [1.807, 2.05) is 24.3 Å². The predicted octanol–water partition coefficient (Wildman–Crippen LogP) is 7.06. The number of aryl methyl sites for hydroxylation is 1. The van der Waals surface area contributed by atoms with Crippen molar-refractivity contribution < 1.29 is 19.8 Å². The van der Waals surface area contributed by atoms with Gasteiger partial charge in [0.1, 0.15) is 11.3 Å². The van der Waals surface area contributed by atoms with Crippen molar-refractivity contribution in [1.29, 1.82) is 0 Å². The van der Waals surface area contributed by atoms with Crippen LogP contribution in [-0.4, -0.2) is 33.5 Å². The van der Waals surface area contributed by atoms with E-state index in [0.717, 1.165) is 48.8 Å². The van der Waals surface area contributed by atoms with E-state index >= 15 is 0 Å². The third-order valence-corrected chi connectivity index (χ3v) is 6.54. The molecule has 0 spiro atoms. The molecule has 0 saturated heterocycles. The number of carbonyl (C=O) groups is 2. The molecular weight excluding hydrogens is 474 g/mol. The number of hydrogen-bond acceptors (Lipinski definition) is 3. The number of phenols is 1. The van der Waals surface area contributed by atoms with Gasteiger partial charge in [-0.25, -0.2) is 4.79 Å². The molecule has 0 bridgehead atoms. The maximum Gasteiger partial charge on any atom is 0.339 e. The maximum atomic E-state index is 13.5. The van der Waals surface area contributed by atoms with Crippen molar-refractivity contribution in [2.24, 2.45) is 0 Å². The first-order valence-electron chi connectivity index (χ1n) is 13.5. The van der Waals surface area contributed by atoms with E-state index in [9.17, 15) is 19.8 Å². The van der Waals surface area contributed by atoms with Crippen LogP contribution < -0.4 is 0 Å². The van der Waals surface area contributed by atoms with Gasteiger partial charge in [-0.1, -0.05) is 81.7 Å². The number of carboxylic acid groups (broad SMARTS) is 1. The molecule has 3 aromatic rings. The van der Waals surface area contributed by atoms with Crippen molar-refractivity contribution in [3.05, 3.63) is 100 Å². The van der Waals surface area contributed by atoms with Crippen LogP contribution >= 0.6 is 0 Å². The molecule has 0 aliphatic heterocycles. The van der Waals surface area contributed by atoms with Crippen LogP contribution in [-0.2, 0) is 13.0 Å². The van der Waals surface area contributed by atoms with Gasteiger partial charge in [-0.05, 0) is 66.8 Å². The molecule has 3 aromatic carbocycles. The highest BCUT2D eigenvalue weighted by Crippen LogP contribution is 2.21. The van der Waals surface area contributed by atoms with Crippen molar-refractivity contribution in [1.82, 2.24) is 4.90 Å². The number of aromatic carboxylic acids is 1. The number of amides is 1. The monoisotopic (exact) mass is 511 g/mol. The Bertz CT molecular complexity index is 1280. The van der Waals surface area contributed by atoms with Gasteiger partial charge in [-0.3, -0.25) is 4.79 Å². The van der Waals surface area contributed by atoms with Gasteiger partial charge in [0.25, 0.3) is 5.91 Å². The highest BCUT2D eigenvalue weighted by Gasteiger charge is 2.20. The molecule has 5 nitrogen and oxygen atoms in total. The maximum absolute atomic E-state index is 13.5. The Labute approximate surface area is 226 Å². The molecule has 5 heteroatoms. The van der Waals surface area contributed by atoms with Crippen LogP contribution in [0.1, 0.15) is 95.3 Å². The summed E-state index contributed by atoms with van der Waals surface area (Å²) in [7, 11) is 0. The number of rotatable bonds is 12. The van der Waals surface area contributed by atoms with Gasteiger partial charge >= 0.3 is 5.97 Å². The summed E-state index contributed by atoms with van der Waals surface area (Å²) < 4.78 is 0. The first kappa shape index (κ1) is 28.5. The number of benzene rings is 3. The highest BCUT2D eigenvalue weighted by atomic mass is 16.4. The van der Waals surface area contributed by atoms with Gasteiger partial charge in [0.05, 0.1) is 0 Å². The van der Waals surface area contributed by atoms with Crippen LogP contribution in [0, 0.1) is 11.8 Å². The normalized spacial score (nSPS) is 10.5. The summed E-state index contributed by atoms with van der Waals surface area (Å²) in [6.45, 7) is 5.23. The third kappa shape index (κ3) is 8.24. The van der Waals surface area contributed by atoms with E-state index in [2.05, 4.69) is 50.0 Å². The average Bonchev–Trinajstić information content (AvgIpc) is 2.93. The Kier molecular flexibility index (Phi) is 11.0. The minimum atomic E-state index is -1.27. The van der Waals surface area contributed by atoms with Crippen LogP contribution in [0.15, 0.2) is 66.7 Å². The number of aromatic hydroxyl groups is 1. The van der Waals surface area contributed by atoms with E-state index in [-0.39, 0.29) is 22.8 Å². The zero-order valence-corrected chi connectivity index (χ0v) is 22.4. The molecule has 0 heterocycles. The summed E-state index contributed by atoms with van der Waals surface area (Å²) in [5.74, 6) is 4.64. The molecule has 0 aromatic heterocycles. The highest BCUT2D eigenvalue weighted by molar-refractivity contribution is 5.98. The molecule has 38 heavy (non-hydrogen) atoms. The topological polar surface area (TPSA) is 77.8 Å². The van der Waals surface area contributed by atoms with Crippen molar-refractivity contribution in [3.63, 3.8) is 0 Å². The van der Waals surface area contributed by atoms with E-state index in [1.165, 1.54) is 36.6 Å². The van der Waals surface area contributed by atoms with Crippen molar-refractivity contribution >= 4 is 11.9 Å². The number of unbranched alkanes of at least 4 members (excludes halogenated alkanes) is 4. The zero-order chi connectivity index (χ0) is 27.3. The second kappa shape index (κ2) is 14.6. The first-order valence-corrected chi connectivity index (χ1v) is 13.5. The second-order valence-electron chi connectivity index (χ2n) is 9.53. The fourth-order valence-electron chi connectivity index (χ4n) is 4.27. The Morgan fingerprint density at radius 3 is 2.29 bits per heavy atom. The molecule has 0 saturated carbocycles. The lowest BCUT2D eigenvalue weighted by atomic mass is 10.0. The van der Waals surface area contributed by atoms with Crippen molar-refractivity contribution in [2.45, 2.75) is 65.3 Å². The van der Waals surface area contributed by atoms with E-state index in [0.29, 0.717) is 13.1 Å². The first-order chi connectivity index (χ1) is 18.4. The molecule has 198 valence electrons. The molecular formula is C33H37NO4. The number of nitrogens with zero attached hydrogens (tertiary/aromatic N) is 1. The summed E-state index contributed by atoms with van der Waals surface area (Å²) in [5.41, 5.74) is 4.00. The molecule has 0 atom stereocenters. The van der Waals surface area contributed by atoms with Crippen molar-refractivity contribution in [3.8, 4) is 17.6 Å². The van der Waals surface area contributed by atoms with Crippen LogP contribution in [0.25, 0.3) is 0 Å². The lowest BCUT2D eigenvalue weighted by molar-refractivity contribution is 0.0693. The smallest absolute Gasteiger partial charge is 0.339 e. The summed E-state index contributed by atoms with van der Waals surface area (Å²) in [4.78, 5) is 26.8. The van der Waals surface area contributed by atoms with E-state index < -0.39 is 5.97 Å². The van der Waals surface area contributed by atoms with Gasteiger partial charge in [-0.2, -0.15) is 0 Å². The molecule has 3 rings (SSSR count). The lowest BCUT2D eigenvalue weighted by Crippen LogP contribution is -2.32. The second-order valence-corrected chi connectivity index (χ2v) is 9.53. The van der Waals surface area contributed by atoms with Gasteiger partial charge in [0, 0.05) is 29.8 Å². The molecule has 0 aliphatic carbocycles. The average molecular weight is 512 g/mol.